The number of hydrogen-bond acceptors (Lipinski definition) is 5. The average Bonchev–Trinajstić information content (AvgIpc) is 3.05. The Labute approximate surface area is 150 Å². The maximum atomic E-state index is 11.6. The maximum absolute atomic E-state index is 11.6. The van der Waals surface area contributed by atoms with Gasteiger partial charge < -0.3 is 14.7 Å². The first-order valence-corrected chi connectivity index (χ1v) is 9.29. The van der Waals surface area contributed by atoms with Crippen molar-refractivity contribution in [2.45, 2.75) is 18.9 Å². The highest BCUT2D eigenvalue weighted by molar-refractivity contribution is 5.78. The lowest BCUT2D eigenvalue weighted by Crippen LogP contribution is -2.50. The monoisotopic (exact) mass is 347 g/mol. The van der Waals surface area contributed by atoms with Gasteiger partial charge in [0.25, 0.3) is 0 Å². The van der Waals surface area contributed by atoms with Crippen LogP contribution in [0.5, 0.6) is 5.75 Å². The SMILES string of the molecule is O=C1CCCN1CCN1CCN(CC(O)COc2ccccc2)CC1. The van der Waals surface area contributed by atoms with Gasteiger partial charge in [-0.1, -0.05) is 18.2 Å². The summed E-state index contributed by atoms with van der Waals surface area (Å²) >= 11 is 0. The van der Waals surface area contributed by atoms with E-state index in [-0.39, 0.29) is 0 Å². The fraction of sp³-hybridized carbons (Fsp3) is 0.632. The summed E-state index contributed by atoms with van der Waals surface area (Å²) in [5.74, 6) is 1.10. The Morgan fingerprint density at radius 1 is 1.00 bits per heavy atom. The maximum Gasteiger partial charge on any atom is 0.222 e. The first kappa shape index (κ1) is 18.2. The van der Waals surface area contributed by atoms with Gasteiger partial charge in [0.1, 0.15) is 18.5 Å². The summed E-state index contributed by atoms with van der Waals surface area (Å²) in [7, 11) is 0. The van der Waals surface area contributed by atoms with Crippen molar-refractivity contribution in [3.63, 3.8) is 0 Å². The number of rotatable bonds is 8. The molecule has 0 radical (unpaired) electrons. The van der Waals surface area contributed by atoms with E-state index in [0.29, 0.717) is 19.1 Å². The summed E-state index contributed by atoms with van der Waals surface area (Å²) in [6.07, 6.45) is 1.25. The highest BCUT2D eigenvalue weighted by atomic mass is 16.5. The molecule has 0 aliphatic carbocycles. The molecule has 3 rings (SSSR count). The molecule has 2 aliphatic rings. The fourth-order valence-electron chi connectivity index (χ4n) is 3.46. The predicted molar refractivity (Wildman–Crippen MR) is 96.6 cm³/mol. The van der Waals surface area contributed by atoms with Gasteiger partial charge in [0.15, 0.2) is 0 Å². The van der Waals surface area contributed by atoms with E-state index in [9.17, 15) is 9.90 Å². The Morgan fingerprint density at radius 3 is 2.40 bits per heavy atom. The second-order valence-electron chi connectivity index (χ2n) is 6.90. The summed E-state index contributed by atoms with van der Waals surface area (Å²) in [4.78, 5) is 18.3. The van der Waals surface area contributed by atoms with Crippen LogP contribution in [0.15, 0.2) is 30.3 Å². The number of ether oxygens (including phenoxy) is 1. The molecule has 0 saturated carbocycles. The molecular weight excluding hydrogens is 318 g/mol. The number of amides is 1. The number of nitrogens with zero attached hydrogens (tertiary/aromatic N) is 3. The number of para-hydroxylation sites is 1. The van der Waals surface area contributed by atoms with Gasteiger partial charge in [0.2, 0.25) is 5.91 Å². The number of carbonyl (C=O) groups excluding carboxylic acids is 1. The van der Waals surface area contributed by atoms with Gasteiger partial charge in [-0.25, -0.2) is 0 Å². The third-order valence-electron chi connectivity index (χ3n) is 4.98. The molecule has 0 spiro atoms. The summed E-state index contributed by atoms with van der Waals surface area (Å²) in [6, 6.07) is 9.60. The number of hydrogen-bond donors (Lipinski definition) is 1. The van der Waals surface area contributed by atoms with Crippen molar-refractivity contribution in [2.75, 3.05) is 59.0 Å². The fourth-order valence-corrected chi connectivity index (χ4v) is 3.46. The lowest BCUT2D eigenvalue weighted by Gasteiger charge is -2.36. The minimum absolute atomic E-state index is 0.306. The second-order valence-corrected chi connectivity index (χ2v) is 6.90. The smallest absolute Gasteiger partial charge is 0.222 e. The zero-order valence-corrected chi connectivity index (χ0v) is 14.8. The van der Waals surface area contributed by atoms with Crippen LogP contribution >= 0.6 is 0 Å². The lowest BCUT2D eigenvalue weighted by molar-refractivity contribution is -0.127. The van der Waals surface area contributed by atoms with E-state index < -0.39 is 6.10 Å². The average molecular weight is 347 g/mol. The first-order valence-electron chi connectivity index (χ1n) is 9.29. The molecule has 1 unspecified atom stereocenters. The van der Waals surface area contributed by atoms with Gasteiger partial charge in [0.05, 0.1) is 0 Å². The number of benzene rings is 1. The van der Waals surface area contributed by atoms with E-state index in [0.717, 1.165) is 64.4 Å². The minimum Gasteiger partial charge on any atom is -0.491 e. The lowest BCUT2D eigenvalue weighted by atomic mass is 10.2. The molecule has 0 aromatic heterocycles. The van der Waals surface area contributed by atoms with E-state index in [1.807, 2.05) is 35.2 Å². The van der Waals surface area contributed by atoms with Crippen LogP contribution in [0.2, 0.25) is 0 Å². The second kappa shape index (κ2) is 9.17. The summed E-state index contributed by atoms with van der Waals surface area (Å²) in [5.41, 5.74) is 0. The van der Waals surface area contributed by atoms with E-state index >= 15 is 0 Å². The molecular formula is C19H29N3O3. The number of aliphatic hydroxyl groups is 1. The quantitative estimate of drug-likeness (QED) is 0.749. The molecule has 1 amide bonds. The van der Waals surface area contributed by atoms with Crippen LogP contribution in [0.1, 0.15) is 12.8 Å². The summed E-state index contributed by atoms with van der Waals surface area (Å²) in [5, 5.41) is 10.2. The third kappa shape index (κ3) is 5.70. The molecule has 2 fully saturated rings. The molecule has 1 atom stereocenters. The zero-order chi connectivity index (χ0) is 17.5. The van der Waals surface area contributed by atoms with Crippen molar-refractivity contribution in [1.29, 1.82) is 0 Å². The van der Waals surface area contributed by atoms with Crippen molar-refractivity contribution in [2.24, 2.45) is 0 Å². The van der Waals surface area contributed by atoms with Crippen molar-refractivity contribution in [3.05, 3.63) is 30.3 Å². The van der Waals surface area contributed by atoms with Gasteiger partial charge in [-0.3, -0.25) is 14.6 Å². The van der Waals surface area contributed by atoms with E-state index in [1.165, 1.54) is 0 Å². The summed E-state index contributed by atoms with van der Waals surface area (Å²) in [6.45, 7) is 7.60. The third-order valence-corrected chi connectivity index (χ3v) is 4.98. The van der Waals surface area contributed by atoms with Crippen molar-refractivity contribution >= 4 is 5.91 Å². The van der Waals surface area contributed by atoms with Crippen LogP contribution in [0, 0.1) is 0 Å². The molecule has 6 heteroatoms. The molecule has 1 aromatic carbocycles. The van der Waals surface area contributed by atoms with Crippen LogP contribution < -0.4 is 4.74 Å². The van der Waals surface area contributed by atoms with Gasteiger partial charge in [0, 0.05) is 58.8 Å². The molecule has 2 saturated heterocycles. The predicted octanol–water partition coefficient (Wildman–Crippen LogP) is 0.666. The molecule has 0 bridgehead atoms. The molecule has 2 heterocycles. The minimum atomic E-state index is -0.478. The molecule has 25 heavy (non-hydrogen) atoms. The van der Waals surface area contributed by atoms with Gasteiger partial charge in [-0.2, -0.15) is 0 Å². The normalized spacial score (nSPS) is 20.8. The zero-order valence-electron chi connectivity index (χ0n) is 14.8. The molecule has 1 N–H and O–H groups in total. The highest BCUT2D eigenvalue weighted by Gasteiger charge is 2.23. The van der Waals surface area contributed by atoms with Gasteiger partial charge >= 0.3 is 0 Å². The topological polar surface area (TPSA) is 56.3 Å². The van der Waals surface area contributed by atoms with E-state index in [4.69, 9.17) is 4.74 Å². The molecule has 2 aliphatic heterocycles. The Morgan fingerprint density at radius 2 is 1.72 bits per heavy atom. The van der Waals surface area contributed by atoms with Gasteiger partial charge in [-0.15, -0.1) is 0 Å². The highest BCUT2D eigenvalue weighted by Crippen LogP contribution is 2.11. The van der Waals surface area contributed by atoms with Crippen LogP contribution in [0.25, 0.3) is 0 Å². The standard InChI is InChI=1S/C19H29N3O3/c23-17(16-25-18-5-2-1-3-6-18)15-21-11-9-20(10-12-21)13-14-22-8-4-7-19(22)24/h1-3,5-6,17,23H,4,7-16H2. The van der Waals surface area contributed by atoms with Crippen LogP contribution in [0.3, 0.4) is 0 Å². The molecule has 138 valence electrons. The van der Waals surface area contributed by atoms with E-state index in [1.54, 1.807) is 0 Å². The van der Waals surface area contributed by atoms with Crippen LogP contribution in [0.4, 0.5) is 0 Å². The Bertz CT molecular complexity index is 532. The Kier molecular flexibility index (Phi) is 6.67. The largest absolute Gasteiger partial charge is 0.491 e. The first-order chi connectivity index (χ1) is 12.2. The van der Waals surface area contributed by atoms with Crippen LogP contribution in [-0.2, 0) is 4.79 Å². The Balaban J connectivity index is 1.30. The Hall–Kier alpha value is -1.63. The number of β-amino-alcohol motifs (C(OH)–C–C–N with tert-alkyl or cyclic N) is 1. The number of piperazine rings is 1. The molecule has 1 aromatic rings. The molecule has 6 nitrogen and oxygen atoms in total. The van der Waals surface area contributed by atoms with Crippen LogP contribution in [-0.4, -0.2) is 90.8 Å². The van der Waals surface area contributed by atoms with Crippen molar-refractivity contribution in [3.8, 4) is 5.75 Å². The van der Waals surface area contributed by atoms with E-state index in [2.05, 4.69) is 9.80 Å². The number of carbonyl (C=O) groups is 1. The summed E-state index contributed by atoms with van der Waals surface area (Å²) < 4.78 is 5.61. The van der Waals surface area contributed by atoms with Crippen molar-refractivity contribution in [1.82, 2.24) is 14.7 Å². The van der Waals surface area contributed by atoms with Crippen molar-refractivity contribution < 1.29 is 14.6 Å². The number of likely N-dealkylation sites (tertiary alicyclic amines) is 1. The van der Waals surface area contributed by atoms with Gasteiger partial charge in [-0.05, 0) is 18.6 Å². The number of aliphatic hydroxyl groups excluding tert-OH is 1.